The van der Waals surface area contributed by atoms with Crippen molar-refractivity contribution >= 4 is 22.5 Å². The number of pyridine rings is 1. The summed E-state index contributed by atoms with van der Waals surface area (Å²) in [5.74, 6) is 0.301. The van der Waals surface area contributed by atoms with Gasteiger partial charge in [0.05, 0.1) is 22.8 Å². The van der Waals surface area contributed by atoms with E-state index in [1.807, 2.05) is 6.07 Å². The average molecular weight is 465 g/mol. The van der Waals surface area contributed by atoms with Gasteiger partial charge in [-0.3, -0.25) is 14.5 Å². The number of carbonyl (C=O) groups excluding carboxylic acids is 1. The fourth-order valence-corrected chi connectivity index (χ4v) is 5.25. The van der Waals surface area contributed by atoms with Crippen LogP contribution in [0.2, 0.25) is 0 Å². The molecule has 2 fully saturated rings. The second kappa shape index (κ2) is 9.50. The van der Waals surface area contributed by atoms with Crippen molar-refractivity contribution in [3.8, 4) is 0 Å². The Morgan fingerprint density at radius 1 is 1.15 bits per heavy atom. The zero-order valence-corrected chi connectivity index (χ0v) is 19.3. The summed E-state index contributed by atoms with van der Waals surface area (Å²) in [5.41, 5.74) is 1.73. The lowest BCUT2D eigenvalue weighted by atomic mass is 9.84. The van der Waals surface area contributed by atoms with E-state index in [9.17, 15) is 14.0 Å². The number of fused-ring (bicyclic) bond motifs is 1. The lowest BCUT2D eigenvalue weighted by Crippen LogP contribution is -2.51. The summed E-state index contributed by atoms with van der Waals surface area (Å²) in [6, 6.07) is 8.34. The van der Waals surface area contributed by atoms with Crippen molar-refractivity contribution in [2.24, 2.45) is 0 Å². The molecule has 3 aromatic rings. The number of piperazine rings is 1. The Kier molecular flexibility index (Phi) is 6.28. The summed E-state index contributed by atoms with van der Waals surface area (Å²) in [6.07, 6.45) is 5.95. The molecule has 2 aliphatic rings. The van der Waals surface area contributed by atoms with Crippen molar-refractivity contribution < 1.29 is 9.18 Å². The Morgan fingerprint density at radius 3 is 2.71 bits per heavy atom. The molecule has 1 aromatic carbocycles. The predicted octanol–water partition coefficient (Wildman–Crippen LogP) is 2.67. The molecular formula is C25H29FN6O2. The highest BCUT2D eigenvalue weighted by atomic mass is 19.1. The molecule has 0 radical (unpaired) electrons. The van der Waals surface area contributed by atoms with Gasteiger partial charge in [-0.15, -0.1) is 0 Å². The Bertz CT molecular complexity index is 1240. The first-order valence-electron chi connectivity index (χ1n) is 11.9. The van der Waals surface area contributed by atoms with Crippen molar-refractivity contribution in [3.63, 3.8) is 0 Å². The van der Waals surface area contributed by atoms with Crippen molar-refractivity contribution in [1.82, 2.24) is 25.2 Å². The number of aromatic nitrogens is 3. The number of amides is 1. The van der Waals surface area contributed by atoms with E-state index in [-0.39, 0.29) is 17.4 Å². The number of nitrogens with one attached hydrogen (secondary N) is 2. The van der Waals surface area contributed by atoms with Crippen molar-refractivity contribution in [1.29, 1.82) is 0 Å². The van der Waals surface area contributed by atoms with Crippen LogP contribution in [0.4, 0.5) is 10.1 Å². The number of benzene rings is 1. The van der Waals surface area contributed by atoms with Crippen LogP contribution >= 0.6 is 0 Å². The van der Waals surface area contributed by atoms with Gasteiger partial charge in [0.15, 0.2) is 0 Å². The lowest BCUT2D eigenvalue weighted by molar-refractivity contribution is 0.0958. The number of H-pyrrole nitrogens is 1. The first-order valence-corrected chi connectivity index (χ1v) is 11.9. The van der Waals surface area contributed by atoms with Crippen LogP contribution < -0.4 is 15.8 Å². The number of aromatic amines is 1. The molecule has 1 saturated carbocycles. The monoisotopic (exact) mass is 464 g/mol. The van der Waals surface area contributed by atoms with Crippen molar-refractivity contribution in [2.45, 2.75) is 37.6 Å². The highest BCUT2D eigenvalue weighted by Gasteiger charge is 2.31. The van der Waals surface area contributed by atoms with Crippen LogP contribution in [0.1, 0.15) is 47.9 Å². The van der Waals surface area contributed by atoms with Gasteiger partial charge < -0.3 is 15.2 Å². The quantitative estimate of drug-likeness (QED) is 0.617. The largest absolute Gasteiger partial charge is 0.368 e. The fraction of sp³-hybridized carbons (Fsp3) is 0.440. The molecule has 8 nitrogen and oxygen atoms in total. The Balaban J connectivity index is 1.23. The summed E-state index contributed by atoms with van der Waals surface area (Å²) in [5, 5.41) is 2.89. The van der Waals surface area contributed by atoms with Gasteiger partial charge in [-0.2, -0.15) is 0 Å². The molecule has 2 aromatic heterocycles. The summed E-state index contributed by atoms with van der Waals surface area (Å²) in [4.78, 5) is 41.0. The fourth-order valence-electron chi connectivity index (χ4n) is 5.25. The lowest BCUT2D eigenvalue weighted by Gasteiger charge is -2.42. The van der Waals surface area contributed by atoms with E-state index in [2.05, 4.69) is 30.1 Å². The molecule has 1 amide bonds. The summed E-state index contributed by atoms with van der Waals surface area (Å²) < 4.78 is 13.5. The first kappa shape index (κ1) is 22.5. The van der Waals surface area contributed by atoms with Gasteiger partial charge in [-0.25, -0.2) is 14.4 Å². The highest BCUT2D eigenvalue weighted by molar-refractivity contribution is 5.92. The van der Waals surface area contributed by atoms with E-state index in [4.69, 9.17) is 0 Å². The maximum Gasteiger partial charge on any atom is 0.269 e. The third-order valence-electron chi connectivity index (χ3n) is 7.12. The average Bonchev–Trinajstić information content (AvgIpc) is 2.89. The molecule has 1 saturated heterocycles. The molecule has 178 valence electrons. The molecule has 34 heavy (non-hydrogen) atoms. The minimum atomic E-state index is -0.428. The van der Waals surface area contributed by atoms with Gasteiger partial charge in [0.2, 0.25) is 0 Å². The molecule has 2 atom stereocenters. The maximum absolute atomic E-state index is 13.5. The van der Waals surface area contributed by atoms with Crippen LogP contribution in [-0.4, -0.2) is 65.0 Å². The van der Waals surface area contributed by atoms with E-state index < -0.39 is 5.82 Å². The minimum Gasteiger partial charge on any atom is -0.368 e. The van der Waals surface area contributed by atoms with E-state index in [0.29, 0.717) is 22.6 Å². The van der Waals surface area contributed by atoms with Gasteiger partial charge >= 0.3 is 0 Å². The topological polar surface area (TPSA) is 94.2 Å². The minimum absolute atomic E-state index is 0.183. The smallest absolute Gasteiger partial charge is 0.269 e. The SMILES string of the molecule is CNC(=O)c1ccc(N2CCN([C@H]3CCC[C@@H](c4nc5ccc(F)cc5c(=O)[nH]4)C3)CC2)cn1. The van der Waals surface area contributed by atoms with E-state index in [1.165, 1.54) is 12.1 Å². The third-order valence-corrected chi connectivity index (χ3v) is 7.12. The number of carbonyl (C=O) groups is 1. The van der Waals surface area contributed by atoms with Gasteiger partial charge in [0, 0.05) is 45.2 Å². The molecule has 2 N–H and O–H groups in total. The van der Waals surface area contributed by atoms with Gasteiger partial charge in [0.25, 0.3) is 11.5 Å². The number of hydrogen-bond donors (Lipinski definition) is 2. The normalized spacial score (nSPS) is 21.5. The number of rotatable bonds is 4. The van der Waals surface area contributed by atoms with Crippen LogP contribution in [0.15, 0.2) is 41.3 Å². The van der Waals surface area contributed by atoms with Crippen molar-refractivity contribution in [3.05, 3.63) is 64.2 Å². The second-order valence-corrected chi connectivity index (χ2v) is 9.13. The Hall–Kier alpha value is -3.33. The van der Waals surface area contributed by atoms with E-state index in [0.717, 1.165) is 63.4 Å². The van der Waals surface area contributed by atoms with E-state index >= 15 is 0 Å². The molecule has 1 aliphatic heterocycles. The molecule has 0 bridgehead atoms. The molecule has 1 aliphatic carbocycles. The first-order chi connectivity index (χ1) is 16.5. The maximum atomic E-state index is 13.5. The molecule has 5 rings (SSSR count). The summed E-state index contributed by atoms with van der Waals surface area (Å²) in [7, 11) is 1.60. The summed E-state index contributed by atoms with van der Waals surface area (Å²) in [6.45, 7) is 3.71. The predicted molar refractivity (Wildman–Crippen MR) is 129 cm³/mol. The van der Waals surface area contributed by atoms with Crippen LogP contribution in [0.25, 0.3) is 10.9 Å². The highest BCUT2D eigenvalue weighted by Crippen LogP contribution is 2.34. The molecule has 3 heterocycles. The standard InChI is InChI=1S/C25H29FN6O2/c1-27-25(34)22-8-6-19(15-28-22)32-11-9-31(10-12-32)18-4-2-3-16(13-18)23-29-21-7-5-17(26)14-20(21)24(33)30-23/h5-8,14-16,18H,2-4,9-13H2,1H3,(H,27,34)(H,29,30,33)/t16-,18+/m1/s1. The summed E-state index contributed by atoms with van der Waals surface area (Å²) >= 11 is 0. The van der Waals surface area contributed by atoms with Crippen molar-refractivity contribution in [2.75, 3.05) is 38.1 Å². The number of halogens is 1. The number of nitrogens with zero attached hydrogens (tertiary/aromatic N) is 4. The molecule has 9 heteroatoms. The van der Waals surface area contributed by atoms with Crippen LogP contribution in [-0.2, 0) is 0 Å². The molecule has 0 spiro atoms. The second-order valence-electron chi connectivity index (χ2n) is 9.13. The van der Waals surface area contributed by atoms with Gasteiger partial charge in [-0.05, 0) is 49.6 Å². The van der Waals surface area contributed by atoms with Crippen LogP contribution in [0, 0.1) is 5.82 Å². The van der Waals surface area contributed by atoms with Crippen LogP contribution in [0.5, 0.6) is 0 Å². The zero-order chi connectivity index (χ0) is 23.7. The Labute approximate surface area is 197 Å². The van der Waals surface area contributed by atoms with Gasteiger partial charge in [0.1, 0.15) is 17.3 Å². The molecular weight excluding hydrogens is 435 g/mol. The third kappa shape index (κ3) is 4.52. The zero-order valence-electron chi connectivity index (χ0n) is 19.3. The number of hydrogen-bond acceptors (Lipinski definition) is 6. The Morgan fingerprint density at radius 2 is 1.97 bits per heavy atom. The van der Waals surface area contributed by atoms with E-state index in [1.54, 1.807) is 25.4 Å². The van der Waals surface area contributed by atoms with Crippen LogP contribution in [0.3, 0.4) is 0 Å². The van der Waals surface area contributed by atoms with Gasteiger partial charge in [-0.1, -0.05) is 6.42 Å². The molecule has 0 unspecified atom stereocenters. The number of anilines is 1.